The van der Waals surface area contributed by atoms with Gasteiger partial charge in [-0.1, -0.05) is 23.8 Å². The van der Waals surface area contributed by atoms with Crippen LogP contribution in [0.15, 0.2) is 64.4 Å². The lowest BCUT2D eigenvalue weighted by atomic mass is 9.66. The van der Waals surface area contributed by atoms with Crippen molar-refractivity contribution in [2.75, 3.05) is 14.1 Å². The van der Waals surface area contributed by atoms with Crippen LogP contribution in [-0.2, 0) is 16.6 Å². The van der Waals surface area contributed by atoms with Crippen LogP contribution in [0, 0.1) is 11.8 Å². The van der Waals surface area contributed by atoms with E-state index < -0.39 is 23.8 Å². The summed E-state index contributed by atoms with van der Waals surface area (Å²) in [6.45, 7) is 0. The summed E-state index contributed by atoms with van der Waals surface area (Å²) in [4.78, 5) is 50.0. The van der Waals surface area contributed by atoms with Gasteiger partial charge in [0.2, 0.25) is 17.6 Å². The molecular weight excluding hydrogens is 468 g/mol. The van der Waals surface area contributed by atoms with Gasteiger partial charge in [-0.2, -0.15) is 0 Å². The van der Waals surface area contributed by atoms with Gasteiger partial charge >= 0.3 is 0 Å². The highest BCUT2D eigenvalue weighted by atomic mass is 16.2. The lowest BCUT2D eigenvalue weighted by Crippen LogP contribution is -2.42. The molecule has 1 fully saturated rings. The van der Waals surface area contributed by atoms with Crippen LogP contribution in [-0.4, -0.2) is 63.0 Å². The van der Waals surface area contributed by atoms with Crippen molar-refractivity contribution in [3.05, 3.63) is 71.0 Å². The molecule has 3 aliphatic rings. The monoisotopic (exact) mass is 496 g/mol. The van der Waals surface area contributed by atoms with Crippen LogP contribution in [0.5, 0.6) is 0 Å². The third kappa shape index (κ3) is 3.48. The van der Waals surface area contributed by atoms with Crippen molar-refractivity contribution in [1.82, 2.24) is 19.0 Å². The quantitative estimate of drug-likeness (QED) is 0.559. The van der Waals surface area contributed by atoms with E-state index in [1.165, 1.54) is 0 Å². The molecule has 0 saturated heterocycles. The van der Waals surface area contributed by atoms with Crippen molar-refractivity contribution in [1.29, 1.82) is 0 Å². The molecule has 9 heteroatoms. The highest BCUT2D eigenvalue weighted by molar-refractivity contribution is 6.03. The number of carbonyl (C=O) groups is 3. The number of nitrogens with zero attached hydrogens (tertiary/aromatic N) is 5. The van der Waals surface area contributed by atoms with E-state index in [1.54, 1.807) is 49.2 Å². The molecule has 188 valence electrons. The number of para-hydroxylation sites is 1. The molecule has 0 radical (unpaired) electrons. The first kappa shape index (κ1) is 23.1. The molecular formula is C28H28N6O3. The van der Waals surface area contributed by atoms with Crippen molar-refractivity contribution in [2.24, 2.45) is 29.6 Å². The molecule has 2 N–H and O–H groups in total. The Morgan fingerprint density at radius 2 is 1.92 bits per heavy atom. The fraction of sp³-hybridized carbons (Fsp3) is 0.321. The highest BCUT2D eigenvalue weighted by Crippen LogP contribution is 2.50. The van der Waals surface area contributed by atoms with Gasteiger partial charge in [0.25, 0.3) is 0 Å². The van der Waals surface area contributed by atoms with Crippen LogP contribution in [0.4, 0.5) is 0 Å². The molecule has 0 bridgehead atoms. The Labute approximate surface area is 214 Å². The van der Waals surface area contributed by atoms with Gasteiger partial charge in [0.1, 0.15) is 0 Å². The Kier molecular flexibility index (Phi) is 5.25. The minimum Gasteiger partial charge on any atom is -0.368 e. The van der Waals surface area contributed by atoms with Crippen molar-refractivity contribution in [3.63, 3.8) is 0 Å². The minimum absolute atomic E-state index is 0.101. The summed E-state index contributed by atoms with van der Waals surface area (Å²) in [6, 6.07) is 9.41. The Morgan fingerprint density at radius 1 is 1.14 bits per heavy atom. The van der Waals surface area contributed by atoms with Gasteiger partial charge < -0.3 is 19.8 Å². The second-order valence-corrected chi connectivity index (χ2v) is 10.3. The average Bonchev–Trinajstić information content (AvgIpc) is 3.58. The van der Waals surface area contributed by atoms with E-state index in [2.05, 4.69) is 20.6 Å². The Balaban J connectivity index is 1.56. The zero-order valence-electron chi connectivity index (χ0n) is 21.0. The number of Topliss-reactive ketones (excluding diaryl/α,β-unsaturated/α-hetero) is 1. The molecule has 3 aromatic rings. The number of allylic oxidation sites excluding steroid dienone is 1. The molecule has 0 spiro atoms. The maximum Gasteiger partial charge on any atom is 0.246 e. The van der Waals surface area contributed by atoms with Gasteiger partial charge in [-0.25, -0.2) is 4.98 Å². The number of ketones is 1. The van der Waals surface area contributed by atoms with Crippen LogP contribution in [0.1, 0.15) is 35.1 Å². The molecule has 2 aliphatic heterocycles. The van der Waals surface area contributed by atoms with E-state index >= 15 is 0 Å². The SMILES string of the molecule is CN(C)C(=O)[C@@H]1CC2=C3C=NC(C(N)=O)C3=Cn3c(cc4ccccc43)C2CC1C(=O)c1nccn1C. The maximum atomic E-state index is 13.9. The third-order valence-electron chi connectivity index (χ3n) is 7.95. The number of aromatic nitrogens is 3. The minimum atomic E-state index is -0.787. The third-order valence-corrected chi connectivity index (χ3v) is 7.95. The number of hydrogen-bond donors (Lipinski definition) is 1. The topological polar surface area (TPSA) is 116 Å². The average molecular weight is 497 g/mol. The van der Waals surface area contributed by atoms with Crippen LogP contribution in [0.25, 0.3) is 17.1 Å². The summed E-state index contributed by atoms with van der Waals surface area (Å²) in [5, 5.41) is 1.06. The largest absolute Gasteiger partial charge is 0.368 e. The Morgan fingerprint density at radius 3 is 2.62 bits per heavy atom. The van der Waals surface area contributed by atoms with Crippen LogP contribution in [0.2, 0.25) is 0 Å². The summed E-state index contributed by atoms with van der Waals surface area (Å²) in [5.74, 6) is -1.66. The molecule has 4 atom stereocenters. The fourth-order valence-electron chi connectivity index (χ4n) is 6.16. The van der Waals surface area contributed by atoms with E-state index in [1.807, 2.05) is 30.5 Å². The number of nitrogens with two attached hydrogens (primary N) is 1. The van der Waals surface area contributed by atoms with Crippen molar-refractivity contribution < 1.29 is 14.4 Å². The Bertz CT molecular complexity index is 1570. The smallest absolute Gasteiger partial charge is 0.246 e. The standard InChI is InChI=1S/C28H28N6O3/c1-32(2)28(37)19-11-16-17(12-18(19)25(35)27-30-8-9-33(27)3)23-10-15-6-4-5-7-22(15)34(23)14-21-20(16)13-31-24(21)26(29)36/h4-10,13-14,17-19,24H,11-12H2,1-3H3,(H2,29,36)/t17?,18?,19-,24?/m1/s1. The zero-order valence-corrected chi connectivity index (χ0v) is 21.0. The highest BCUT2D eigenvalue weighted by Gasteiger charge is 2.47. The number of rotatable bonds is 4. The first-order valence-corrected chi connectivity index (χ1v) is 12.4. The number of hydrogen-bond acceptors (Lipinski definition) is 5. The van der Waals surface area contributed by atoms with E-state index in [0.717, 1.165) is 33.3 Å². The second kappa shape index (κ2) is 8.40. The second-order valence-electron chi connectivity index (χ2n) is 10.3. The predicted molar refractivity (Wildman–Crippen MR) is 140 cm³/mol. The number of aliphatic imine (C=N–C) groups is 1. The molecule has 37 heavy (non-hydrogen) atoms. The number of amides is 2. The van der Waals surface area contributed by atoms with E-state index in [-0.39, 0.29) is 17.6 Å². The first-order valence-electron chi connectivity index (χ1n) is 12.4. The molecule has 6 rings (SSSR count). The molecule has 1 aliphatic carbocycles. The molecule has 4 heterocycles. The lowest BCUT2D eigenvalue weighted by Gasteiger charge is -2.38. The van der Waals surface area contributed by atoms with Crippen molar-refractivity contribution >= 4 is 40.9 Å². The van der Waals surface area contributed by atoms with Gasteiger partial charge in [-0.15, -0.1) is 0 Å². The van der Waals surface area contributed by atoms with Gasteiger partial charge in [-0.3, -0.25) is 19.4 Å². The zero-order chi connectivity index (χ0) is 26.0. The van der Waals surface area contributed by atoms with Gasteiger partial charge in [-0.05, 0) is 30.5 Å². The van der Waals surface area contributed by atoms with E-state index in [0.29, 0.717) is 18.7 Å². The van der Waals surface area contributed by atoms with Crippen LogP contribution >= 0.6 is 0 Å². The number of imidazole rings is 1. The van der Waals surface area contributed by atoms with Gasteiger partial charge in [0, 0.05) is 74.4 Å². The first-order chi connectivity index (χ1) is 17.8. The molecule has 2 amide bonds. The number of aryl methyl sites for hydroxylation is 1. The summed E-state index contributed by atoms with van der Waals surface area (Å²) < 4.78 is 3.81. The predicted octanol–water partition coefficient (Wildman–Crippen LogP) is 2.55. The summed E-state index contributed by atoms with van der Waals surface area (Å²) in [5.41, 5.74) is 10.4. The van der Waals surface area contributed by atoms with E-state index in [4.69, 9.17) is 5.73 Å². The molecule has 2 aromatic heterocycles. The molecule has 9 nitrogen and oxygen atoms in total. The summed E-state index contributed by atoms with van der Waals surface area (Å²) >= 11 is 0. The van der Waals surface area contributed by atoms with Crippen LogP contribution < -0.4 is 5.73 Å². The summed E-state index contributed by atoms with van der Waals surface area (Å²) in [6.07, 6.45) is 7.85. The number of carbonyl (C=O) groups excluding carboxylic acids is 3. The number of primary amides is 1. The van der Waals surface area contributed by atoms with E-state index in [9.17, 15) is 14.4 Å². The normalized spacial score (nSPS) is 24.2. The maximum absolute atomic E-state index is 13.9. The molecule has 1 saturated carbocycles. The van der Waals surface area contributed by atoms with Gasteiger partial charge in [0.05, 0.1) is 11.4 Å². The van der Waals surface area contributed by atoms with Crippen LogP contribution in [0.3, 0.4) is 0 Å². The number of fused-ring (bicyclic) bond motifs is 6. The molecule has 3 unspecified atom stereocenters. The Hall–Kier alpha value is -4.27. The lowest BCUT2D eigenvalue weighted by molar-refractivity contribution is -0.134. The van der Waals surface area contributed by atoms with Gasteiger partial charge in [0.15, 0.2) is 11.9 Å². The van der Waals surface area contributed by atoms with Crippen molar-refractivity contribution in [2.45, 2.75) is 24.8 Å². The fourth-order valence-corrected chi connectivity index (χ4v) is 6.16. The summed E-state index contributed by atoms with van der Waals surface area (Å²) in [7, 11) is 5.22. The number of benzene rings is 1. The molecule has 1 aromatic carbocycles. The van der Waals surface area contributed by atoms with Crippen molar-refractivity contribution in [3.8, 4) is 0 Å².